The maximum atomic E-state index is 13.7. The number of amides is 1. The van der Waals surface area contributed by atoms with E-state index in [0.29, 0.717) is 38.9 Å². The summed E-state index contributed by atoms with van der Waals surface area (Å²) < 4.78 is 39.4. The number of sulfonamides is 1. The van der Waals surface area contributed by atoms with Crippen molar-refractivity contribution in [3.05, 3.63) is 93.9 Å². The third-order valence-electron chi connectivity index (χ3n) is 5.53. The standard InChI is InChI=1S/C26H25ClN2O5S/c1-3-29-23-13-12-19(27)16-22(23)24(18-8-5-4-6-9-18)25(35(29,31)32)26(30)28-14-15-34-21-11-7-10-20(17-21)33-2/h4-13,16-17H,3,14-15H2,1-2H3,(H,28,30). The van der Waals surface area contributed by atoms with Gasteiger partial charge < -0.3 is 14.8 Å². The van der Waals surface area contributed by atoms with Gasteiger partial charge in [0.05, 0.1) is 19.3 Å². The van der Waals surface area contributed by atoms with Gasteiger partial charge in [-0.05, 0) is 42.8 Å². The fourth-order valence-corrected chi connectivity index (χ4v) is 5.93. The molecule has 0 spiro atoms. The number of ether oxygens (including phenoxy) is 2. The van der Waals surface area contributed by atoms with Crippen LogP contribution in [0, 0.1) is 0 Å². The quantitative estimate of drug-likeness (QED) is 0.450. The van der Waals surface area contributed by atoms with Gasteiger partial charge in [-0.2, -0.15) is 0 Å². The van der Waals surface area contributed by atoms with Crippen LogP contribution in [-0.4, -0.2) is 41.1 Å². The fourth-order valence-electron chi connectivity index (χ4n) is 3.98. The Balaban J connectivity index is 1.69. The van der Waals surface area contributed by atoms with Crippen molar-refractivity contribution >= 4 is 38.8 Å². The highest BCUT2D eigenvalue weighted by Crippen LogP contribution is 2.43. The van der Waals surface area contributed by atoms with Crippen molar-refractivity contribution in [3.63, 3.8) is 0 Å². The maximum Gasteiger partial charge on any atom is 0.270 e. The zero-order chi connectivity index (χ0) is 25.0. The Kier molecular flexibility index (Phi) is 7.33. The molecular formula is C26H25ClN2O5S. The molecule has 0 atom stereocenters. The lowest BCUT2D eigenvalue weighted by Gasteiger charge is -2.33. The van der Waals surface area contributed by atoms with E-state index in [-0.39, 0.29) is 24.6 Å². The molecule has 3 aromatic rings. The van der Waals surface area contributed by atoms with E-state index in [2.05, 4.69) is 5.32 Å². The fraction of sp³-hybridized carbons (Fsp3) is 0.192. The molecule has 0 fully saturated rings. The van der Waals surface area contributed by atoms with E-state index in [0.717, 1.165) is 0 Å². The average Bonchev–Trinajstić information content (AvgIpc) is 2.86. The number of methoxy groups -OCH3 is 1. The molecule has 9 heteroatoms. The van der Waals surface area contributed by atoms with Crippen molar-refractivity contribution in [2.75, 3.05) is 31.1 Å². The Labute approximate surface area is 210 Å². The number of hydrogen-bond acceptors (Lipinski definition) is 5. The largest absolute Gasteiger partial charge is 0.497 e. The van der Waals surface area contributed by atoms with Gasteiger partial charge in [-0.3, -0.25) is 9.10 Å². The number of nitrogens with zero attached hydrogens (tertiary/aromatic N) is 1. The summed E-state index contributed by atoms with van der Waals surface area (Å²) in [6.45, 7) is 2.13. The van der Waals surface area contributed by atoms with Gasteiger partial charge in [-0.1, -0.05) is 48.0 Å². The first-order valence-corrected chi connectivity index (χ1v) is 12.9. The molecule has 1 heterocycles. The van der Waals surface area contributed by atoms with Crippen LogP contribution in [0.4, 0.5) is 5.69 Å². The van der Waals surface area contributed by atoms with Crippen LogP contribution in [0.5, 0.6) is 11.5 Å². The number of carbonyl (C=O) groups is 1. The Morgan fingerprint density at radius 3 is 2.46 bits per heavy atom. The smallest absolute Gasteiger partial charge is 0.270 e. The molecule has 1 aliphatic heterocycles. The van der Waals surface area contributed by atoms with Crippen molar-refractivity contribution in [2.45, 2.75) is 6.92 Å². The molecule has 0 radical (unpaired) electrons. The average molecular weight is 513 g/mol. The SMILES string of the molecule is CCN1c2ccc(Cl)cc2C(c2ccccc2)=C(C(=O)NCCOc2cccc(OC)c2)S1(=O)=O. The summed E-state index contributed by atoms with van der Waals surface area (Å²) in [6, 6.07) is 21.0. The number of hydrogen-bond donors (Lipinski definition) is 1. The monoisotopic (exact) mass is 512 g/mol. The zero-order valence-corrected chi connectivity index (χ0v) is 20.9. The van der Waals surface area contributed by atoms with Gasteiger partial charge in [0.2, 0.25) is 0 Å². The Morgan fingerprint density at radius 2 is 1.74 bits per heavy atom. The van der Waals surface area contributed by atoms with E-state index < -0.39 is 15.9 Å². The minimum Gasteiger partial charge on any atom is -0.497 e. The van der Waals surface area contributed by atoms with E-state index in [4.69, 9.17) is 21.1 Å². The summed E-state index contributed by atoms with van der Waals surface area (Å²) in [5.74, 6) is 0.519. The summed E-state index contributed by atoms with van der Waals surface area (Å²) in [5, 5.41) is 3.15. The molecule has 1 N–H and O–H groups in total. The van der Waals surface area contributed by atoms with E-state index in [9.17, 15) is 13.2 Å². The third-order valence-corrected chi connectivity index (χ3v) is 7.70. The summed E-state index contributed by atoms with van der Waals surface area (Å²) >= 11 is 6.28. The van der Waals surface area contributed by atoms with Gasteiger partial charge in [0, 0.05) is 28.8 Å². The molecule has 3 aromatic carbocycles. The minimum atomic E-state index is -4.14. The lowest BCUT2D eigenvalue weighted by Crippen LogP contribution is -2.42. The van der Waals surface area contributed by atoms with Crippen LogP contribution >= 0.6 is 11.6 Å². The molecule has 1 aliphatic rings. The second-order valence-electron chi connectivity index (χ2n) is 7.68. The van der Waals surface area contributed by atoms with Crippen LogP contribution in [-0.2, 0) is 14.8 Å². The molecule has 182 valence electrons. The number of anilines is 1. The van der Waals surface area contributed by atoms with Gasteiger partial charge in [-0.15, -0.1) is 0 Å². The second kappa shape index (κ2) is 10.4. The highest BCUT2D eigenvalue weighted by Gasteiger charge is 2.40. The highest BCUT2D eigenvalue weighted by atomic mass is 35.5. The topological polar surface area (TPSA) is 84.9 Å². The molecule has 0 saturated carbocycles. The summed E-state index contributed by atoms with van der Waals surface area (Å²) in [6.07, 6.45) is 0. The van der Waals surface area contributed by atoms with Crippen molar-refractivity contribution in [3.8, 4) is 11.5 Å². The number of benzene rings is 3. The first-order valence-electron chi connectivity index (χ1n) is 11.0. The van der Waals surface area contributed by atoms with Crippen LogP contribution in [0.3, 0.4) is 0 Å². The molecule has 0 bridgehead atoms. The molecule has 35 heavy (non-hydrogen) atoms. The van der Waals surface area contributed by atoms with Crippen molar-refractivity contribution in [2.24, 2.45) is 0 Å². The van der Waals surface area contributed by atoms with Gasteiger partial charge in [0.1, 0.15) is 18.1 Å². The van der Waals surface area contributed by atoms with Crippen LogP contribution in [0.2, 0.25) is 5.02 Å². The predicted octanol–water partition coefficient (Wildman–Crippen LogP) is 4.47. The number of halogens is 1. The molecule has 0 unspecified atom stereocenters. The van der Waals surface area contributed by atoms with E-state index in [1.54, 1.807) is 80.8 Å². The summed E-state index contributed by atoms with van der Waals surface area (Å²) in [5.41, 5.74) is 1.99. The first-order chi connectivity index (χ1) is 16.9. The van der Waals surface area contributed by atoms with Crippen LogP contribution < -0.4 is 19.1 Å². The number of fused-ring (bicyclic) bond motifs is 1. The Morgan fingerprint density at radius 1 is 1.00 bits per heavy atom. The molecule has 4 rings (SSSR count). The maximum absolute atomic E-state index is 13.7. The van der Waals surface area contributed by atoms with Crippen molar-refractivity contribution in [1.82, 2.24) is 5.32 Å². The Bertz CT molecular complexity index is 1370. The number of nitrogens with one attached hydrogen (secondary N) is 1. The molecule has 0 aromatic heterocycles. The predicted molar refractivity (Wildman–Crippen MR) is 137 cm³/mol. The van der Waals surface area contributed by atoms with Gasteiger partial charge in [0.25, 0.3) is 15.9 Å². The van der Waals surface area contributed by atoms with E-state index >= 15 is 0 Å². The van der Waals surface area contributed by atoms with E-state index in [1.807, 2.05) is 6.07 Å². The molecular weight excluding hydrogens is 488 g/mol. The highest BCUT2D eigenvalue weighted by molar-refractivity contribution is 7.97. The lowest BCUT2D eigenvalue weighted by molar-refractivity contribution is -0.116. The third kappa shape index (κ3) is 4.99. The van der Waals surface area contributed by atoms with Crippen LogP contribution in [0.1, 0.15) is 18.1 Å². The first kappa shape index (κ1) is 24.6. The van der Waals surface area contributed by atoms with Crippen LogP contribution in [0.25, 0.3) is 5.57 Å². The summed E-state index contributed by atoms with van der Waals surface area (Å²) in [4.78, 5) is 13.1. The molecule has 7 nitrogen and oxygen atoms in total. The Hall–Kier alpha value is -3.49. The van der Waals surface area contributed by atoms with Crippen molar-refractivity contribution in [1.29, 1.82) is 0 Å². The normalized spacial score (nSPS) is 14.3. The molecule has 0 aliphatic carbocycles. The molecule has 1 amide bonds. The second-order valence-corrected chi connectivity index (χ2v) is 9.92. The number of carbonyl (C=O) groups excluding carboxylic acids is 1. The lowest BCUT2D eigenvalue weighted by atomic mass is 9.95. The number of rotatable bonds is 8. The van der Waals surface area contributed by atoms with Crippen LogP contribution in [0.15, 0.2) is 77.7 Å². The summed E-state index contributed by atoms with van der Waals surface area (Å²) in [7, 11) is -2.57. The van der Waals surface area contributed by atoms with Gasteiger partial charge in [-0.25, -0.2) is 8.42 Å². The zero-order valence-electron chi connectivity index (χ0n) is 19.3. The van der Waals surface area contributed by atoms with E-state index in [1.165, 1.54) is 4.31 Å². The van der Waals surface area contributed by atoms with Gasteiger partial charge >= 0.3 is 0 Å². The minimum absolute atomic E-state index is 0.103. The van der Waals surface area contributed by atoms with Gasteiger partial charge in [0.15, 0.2) is 4.91 Å². The molecule has 0 saturated heterocycles. The van der Waals surface area contributed by atoms with Crippen molar-refractivity contribution < 1.29 is 22.7 Å².